The van der Waals surface area contributed by atoms with Crippen LogP contribution in [0.3, 0.4) is 0 Å². The first-order chi connectivity index (χ1) is 12.7. The van der Waals surface area contributed by atoms with E-state index in [-0.39, 0.29) is 11.9 Å². The summed E-state index contributed by atoms with van der Waals surface area (Å²) in [6.07, 6.45) is 0.696. The molecule has 1 fully saturated rings. The van der Waals surface area contributed by atoms with Gasteiger partial charge >= 0.3 is 0 Å². The lowest BCUT2D eigenvalue weighted by molar-refractivity contribution is -0.129. The van der Waals surface area contributed by atoms with Crippen molar-refractivity contribution in [3.8, 4) is 10.8 Å². The van der Waals surface area contributed by atoms with Gasteiger partial charge in [0.05, 0.1) is 16.6 Å². The molecule has 0 aliphatic carbocycles. The maximum absolute atomic E-state index is 12.5. The van der Waals surface area contributed by atoms with E-state index in [0.717, 1.165) is 28.4 Å². The number of piperazine rings is 1. The largest absolute Gasteiger partial charge is 0.440 e. The zero-order valence-corrected chi connectivity index (χ0v) is 15.5. The summed E-state index contributed by atoms with van der Waals surface area (Å²) in [6.45, 7) is 4.03. The highest BCUT2D eigenvalue weighted by Gasteiger charge is 2.31. The molecule has 0 radical (unpaired) electrons. The Morgan fingerprint density at radius 1 is 1.27 bits per heavy atom. The quantitative estimate of drug-likeness (QED) is 0.752. The lowest BCUT2D eigenvalue weighted by Gasteiger charge is -2.34. The molecule has 3 heterocycles. The van der Waals surface area contributed by atoms with E-state index in [1.165, 1.54) is 0 Å². The lowest BCUT2D eigenvalue weighted by atomic mass is 10.0. The highest BCUT2D eigenvalue weighted by Crippen LogP contribution is 2.27. The predicted molar refractivity (Wildman–Crippen MR) is 102 cm³/mol. The first-order valence-electron chi connectivity index (χ1n) is 8.76. The van der Waals surface area contributed by atoms with Gasteiger partial charge in [-0.2, -0.15) is 0 Å². The van der Waals surface area contributed by atoms with Crippen molar-refractivity contribution in [1.82, 2.24) is 15.2 Å². The summed E-state index contributed by atoms with van der Waals surface area (Å²) < 4.78 is 5.85. The fourth-order valence-corrected chi connectivity index (χ4v) is 3.93. The fourth-order valence-electron chi connectivity index (χ4n) is 3.28. The highest BCUT2D eigenvalue weighted by molar-refractivity contribution is 7.13. The number of carbonyl (C=O) groups excluding carboxylic acids is 1. The van der Waals surface area contributed by atoms with E-state index in [9.17, 15) is 4.79 Å². The van der Waals surface area contributed by atoms with Gasteiger partial charge in [-0.1, -0.05) is 36.4 Å². The fraction of sp³-hybridized carbons (Fsp3) is 0.300. The number of amides is 1. The smallest absolute Gasteiger partial charge is 0.237 e. The van der Waals surface area contributed by atoms with Gasteiger partial charge in [0.2, 0.25) is 11.8 Å². The molecule has 26 heavy (non-hydrogen) atoms. The molecule has 1 saturated heterocycles. The van der Waals surface area contributed by atoms with Gasteiger partial charge in [-0.15, -0.1) is 11.3 Å². The van der Waals surface area contributed by atoms with Gasteiger partial charge in [-0.05, 0) is 30.4 Å². The molecule has 1 aliphatic rings. The Balaban J connectivity index is 1.54. The second kappa shape index (κ2) is 7.43. The molecule has 0 bridgehead atoms. The molecule has 1 N–H and O–H groups in total. The number of carbonyl (C=O) groups is 1. The summed E-state index contributed by atoms with van der Waals surface area (Å²) >= 11 is 1.61. The van der Waals surface area contributed by atoms with Crippen molar-refractivity contribution < 1.29 is 9.21 Å². The van der Waals surface area contributed by atoms with Crippen molar-refractivity contribution in [2.75, 3.05) is 13.1 Å². The second-order valence-corrected chi connectivity index (χ2v) is 7.41. The molecule has 1 atom stereocenters. The number of nitrogens with zero attached hydrogens (tertiary/aromatic N) is 2. The SMILES string of the molecule is Cc1oc(-c2cccs2)nc1CN1CCNC(=O)C1Cc1ccccc1. The molecule has 1 aromatic carbocycles. The van der Waals surface area contributed by atoms with Crippen LogP contribution in [0.15, 0.2) is 52.3 Å². The summed E-state index contributed by atoms with van der Waals surface area (Å²) in [7, 11) is 0. The first kappa shape index (κ1) is 17.0. The van der Waals surface area contributed by atoms with Gasteiger partial charge in [0.1, 0.15) is 5.76 Å². The summed E-state index contributed by atoms with van der Waals surface area (Å²) in [5.41, 5.74) is 2.07. The Labute approximate surface area is 156 Å². The van der Waals surface area contributed by atoms with Crippen molar-refractivity contribution in [1.29, 1.82) is 0 Å². The molecule has 134 valence electrons. The van der Waals surface area contributed by atoms with Crippen molar-refractivity contribution in [2.24, 2.45) is 0 Å². The topological polar surface area (TPSA) is 58.4 Å². The molecule has 1 unspecified atom stereocenters. The number of hydrogen-bond donors (Lipinski definition) is 1. The minimum absolute atomic E-state index is 0.0831. The van der Waals surface area contributed by atoms with Gasteiger partial charge in [-0.25, -0.2) is 4.98 Å². The molecule has 3 aromatic rings. The average Bonchev–Trinajstić information content (AvgIpc) is 3.29. The number of aromatic nitrogens is 1. The molecular weight excluding hydrogens is 346 g/mol. The molecule has 1 amide bonds. The monoisotopic (exact) mass is 367 g/mol. The molecular formula is C20H21N3O2S. The standard InChI is InChI=1S/C20H21N3O2S/c1-14-16(22-20(25-14)18-8-5-11-26-18)13-23-10-9-21-19(24)17(23)12-15-6-3-2-4-7-15/h2-8,11,17H,9-10,12-13H2,1H3,(H,21,24). The van der Waals surface area contributed by atoms with Crippen LogP contribution < -0.4 is 5.32 Å². The van der Waals surface area contributed by atoms with Crippen LogP contribution in [0.1, 0.15) is 17.0 Å². The number of benzene rings is 1. The van der Waals surface area contributed by atoms with Gasteiger partial charge in [0.25, 0.3) is 0 Å². The molecule has 0 saturated carbocycles. The van der Waals surface area contributed by atoms with E-state index in [0.29, 0.717) is 25.4 Å². The normalized spacial score (nSPS) is 18.0. The Kier molecular flexibility index (Phi) is 4.86. The number of thiophene rings is 1. The van der Waals surface area contributed by atoms with Crippen molar-refractivity contribution in [3.63, 3.8) is 0 Å². The maximum Gasteiger partial charge on any atom is 0.237 e. The Hall–Kier alpha value is -2.44. The van der Waals surface area contributed by atoms with Gasteiger partial charge in [0, 0.05) is 19.6 Å². The minimum atomic E-state index is -0.188. The Morgan fingerprint density at radius 3 is 2.88 bits per heavy atom. The van der Waals surface area contributed by atoms with E-state index >= 15 is 0 Å². The van der Waals surface area contributed by atoms with Gasteiger partial charge in [-0.3, -0.25) is 9.69 Å². The third kappa shape index (κ3) is 3.57. The number of hydrogen-bond acceptors (Lipinski definition) is 5. The Bertz CT molecular complexity index is 874. The molecule has 0 spiro atoms. The second-order valence-electron chi connectivity index (χ2n) is 6.47. The summed E-state index contributed by atoms with van der Waals surface area (Å²) in [5.74, 6) is 1.56. The summed E-state index contributed by atoms with van der Waals surface area (Å²) in [6, 6.07) is 14.0. The van der Waals surface area contributed by atoms with Crippen LogP contribution in [0.25, 0.3) is 10.8 Å². The number of nitrogens with one attached hydrogen (secondary N) is 1. The molecule has 6 heteroatoms. The van der Waals surface area contributed by atoms with Crippen molar-refractivity contribution >= 4 is 17.2 Å². The van der Waals surface area contributed by atoms with E-state index < -0.39 is 0 Å². The van der Waals surface area contributed by atoms with Crippen molar-refractivity contribution in [2.45, 2.75) is 25.9 Å². The van der Waals surface area contributed by atoms with Gasteiger partial charge in [0.15, 0.2) is 0 Å². The van der Waals surface area contributed by atoms with Crippen LogP contribution in [-0.2, 0) is 17.8 Å². The minimum Gasteiger partial charge on any atom is -0.440 e. The third-order valence-electron chi connectivity index (χ3n) is 4.69. The van der Waals surface area contributed by atoms with Crippen LogP contribution in [0.2, 0.25) is 0 Å². The third-order valence-corrected chi connectivity index (χ3v) is 5.55. The van der Waals surface area contributed by atoms with Crippen LogP contribution in [0.4, 0.5) is 0 Å². The van der Waals surface area contributed by atoms with E-state index in [4.69, 9.17) is 4.42 Å². The van der Waals surface area contributed by atoms with Crippen LogP contribution in [0.5, 0.6) is 0 Å². The molecule has 2 aromatic heterocycles. The van der Waals surface area contributed by atoms with Gasteiger partial charge < -0.3 is 9.73 Å². The highest BCUT2D eigenvalue weighted by atomic mass is 32.1. The lowest BCUT2D eigenvalue weighted by Crippen LogP contribution is -2.55. The number of aryl methyl sites for hydroxylation is 1. The number of oxazole rings is 1. The zero-order valence-electron chi connectivity index (χ0n) is 14.6. The predicted octanol–water partition coefficient (Wildman–Crippen LogP) is 3.25. The molecule has 5 nitrogen and oxygen atoms in total. The van der Waals surface area contributed by atoms with Crippen LogP contribution in [0, 0.1) is 6.92 Å². The molecule has 4 rings (SSSR count). The van der Waals surface area contributed by atoms with E-state index in [1.54, 1.807) is 11.3 Å². The van der Waals surface area contributed by atoms with Crippen molar-refractivity contribution in [3.05, 3.63) is 64.9 Å². The Morgan fingerprint density at radius 2 is 2.12 bits per heavy atom. The summed E-state index contributed by atoms with van der Waals surface area (Å²) in [4.78, 5) is 20.4. The summed E-state index contributed by atoms with van der Waals surface area (Å²) in [5, 5.41) is 5.00. The average molecular weight is 367 g/mol. The molecule has 1 aliphatic heterocycles. The van der Waals surface area contributed by atoms with E-state index in [1.807, 2.05) is 42.6 Å². The van der Waals surface area contributed by atoms with Crippen LogP contribution >= 0.6 is 11.3 Å². The van der Waals surface area contributed by atoms with E-state index in [2.05, 4.69) is 27.3 Å². The first-order valence-corrected chi connectivity index (χ1v) is 9.64. The number of rotatable bonds is 5. The maximum atomic E-state index is 12.5. The zero-order chi connectivity index (χ0) is 17.9. The van der Waals surface area contributed by atoms with Crippen LogP contribution in [-0.4, -0.2) is 34.9 Å².